The fourth-order valence-corrected chi connectivity index (χ4v) is 10.4. The third-order valence-corrected chi connectivity index (χ3v) is 15.2. The Morgan fingerprint density at radius 3 is 1.90 bits per heavy atom. The van der Waals surface area contributed by atoms with Gasteiger partial charge in [0.2, 0.25) is 11.6 Å². The first-order valence-electron chi connectivity index (χ1n) is 22.1. The molecule has 3 aliphatic rings. The Hall–Kier alpha value is -5.14. The minimum absolute atomic E-state index is 0.149. The van der Waals surface area contributed by atoms with Gasteiger partial charge < -0.3 is 28.4 Å². The van der Waals surface area contributed by atoms with E-state index in [1.54, 1.807) is 73.6 Å². The summed E-state index contributed by atoms with van der Waals surface area (Å²) >= 11 is 0. The van der Waals surface area contributed by atoms with Crippen molar-refractivity contribution in [1.82, 2.24) is 10.2 Å². The van der Waals surface area contributed by atoms with Crippen molar-refractivity contribution in [3.05, 3.63) is 107 Å². The summed E-state index contributed by atoms with van der Waals surface area (Å²) in [4.78, 5) is 38.0. The van der Waals surface area contributed by atoms with Crippen LogP contribution in [0.1, 0.15) is 90.2 Å². The van der Waals surface area contributed by atoms with Gasteiger partial charge in [0.05, 0.1) is 36.8 Å². The fourth-order valence-electron chi connectivity index (χ4n) is 8.59. The van der Waals surface area contributed by atoms with Crippen LogP contribution in [-0.2, 0) is 65.7 Å². The van der Waals surface area contributed by atoms with Crippen molar-refractivity contribution in [1.29, 1.82) is 0 Å². The predicted molar refractivity (Wildman–Crippen MR) is 251 cm³/mol. The molecule has 0 aromatic heterocycles. The smallest absolute Gasteiger partial charge is 0.253 e. The lowest BCUT2D eigenvalue weighted by Gasteiger charge is -2.27. The summed E-state index contributed by atoms with van der Waals surface area (Å²) in [6.07, 6.45) is 17.3. The van der Waals surface area contributed by atoms with Crippen LogP contribution in [0.2, 0.25) is 0 Å². The van der Waals surface area contributed by atoms with Crippen molar-refractivity contribution in [3.63, 3.8) is 0 Å². The van der Waals surface area contributed by atoms with Crippen molar-refractivity contribution in [2.24, 2.45) is 0 Å². The lowest BCUT2D eigenvalue weighted by molar-refractivity contribution is -0.432. The van der Waals surface area contributed by atoms with Crippen molar-refractivity contribution in [3.8, 4) is 0 Å². The molecule has 0 radical (unpaired) electrons. The van der Waals surface area contributed by atoms with Crippen molar-refractivity contribution in [2.75, 3.05) is 42.6 Å². The summed E-state index contributed by atoms with van der Waals surface area (Å²) in [7, 11) is -19.1. The maximum Gasteiger partial charge on any atom is 0.253 e. The number of nitrogens with one attached hydrogen (secondary N) is 1. The number of carbonyl (C=O) groups is 3. The number of fused-ring (bicyclic) bond motifs is 2. The average Bonchev–Trinajstić information content (AvgIpc) is 3.76. The number of unbranched alkanes of at least 4 members (excludes halogenated alkanes) is 4. The molecule has 2 aromatic carbocycles. The first-order chi connectivity index (χ1) is 32.0. The van der Waals surface area contributed by atoms with E-state index in [4.69, 9.17) is 0 Å². The quantitative estimate of drug-likeness (QED) is 0.0513. The summed E-state index contributed by atoms with van der Waals surface area (Å²) in [6, 6.07) is 7.45. The summed E-state index contributed by atoms with van der Waals surface area (Å²) in [6.45, 7) is 7.24. The minimum atomic E-state index is -4.85. The third kappa shape index (κ3) is 14.5. The highest BCUT2D eigenvalue weighted by molar-refractivity contribution is 7.86. The van der Waals surface area contributed by atoms with Crippen LogP contribution in [0.15, 0.2) is 106 Å². The molecule has 0 spiro atoms. The number of hydrogen-bond acceptors (Lipinski definition) is 16. The Kier molecular flexibility index (Phi) is 17.4. The standard InChI is InChI=1S/C46H58N4O15S4/c1-45(2)36-31-34(68(60,61)62)19-21-38(36)48(27-29-66(54,55)56)40(45)16-11-14-33(13-7-8-18-42(51)47-25-9-5-6-10-26-50-43(52)23-24-44(50)53)15-12-17-41-46(3,4)37-32-35(69(63,64)65)20-22-39(37)49(41)28-30-67(57,58)59/h11-12,14-17,19-24,31-32H,5-10,13,18,25-30H2,1-4H3,(H4-,47,51,54,55,56,57,58,59,60,61,62,63,64,65)/p-3. The molecule has 1 N–H and O–H groups in total. The van der Waals surface area contributed by atoms with Gasteiger partial charge in [-0.05, 0) is 93.5 Å². The summed E-state index contributed by atoms with van der Waals surface area (Å²) in [5.41, 5.74) is 1.36. The van der Waals surface area contributed by atoms with E-state index in [2.05, 4.69) is 5.32 Å². The van der Waals surface area contributed by atoms with Crippen LogP contribution in [0.3, 0.4) is 0 Å². The Balaban J connectivity index is 1.38. The average molecular weight is 1030 g/mol. The molecule has 0 unspecified atom stereocenters. The molecule has 376 valence electrons. The van der Waals surface area contributed by atoms with Gasteiger partial charge in [-0.3, -0.25) is 19.3 Å². The second kappa shape index (κ2) is 21.9. The van der Waals surface area contributed by atoms with E-state index >= 15 is 0 Å². The molecule has 3 aliphatic heterocycles. The topological polar surface area (TPSA) is 302 Å². The van der Waals surface area contributed by atoms with Gasteiger partial charge in [0.25, 0.3) is 11.8 Å². The lowest BCUT2D eigenvalue weighted by atomic mass is 9.81. The lowest BCUT2D eigenvalue weighted by Crippen LogP contribution is -2.30. The first kappa shape index (κ1) is 54.8. The SMILES string of the molecule is CC1(C)C(/C=C/C=C(/C=C/C=C2/N(CCS(=O)(=O)[O-])c3ccc(S(=O)(=O)[O-])cc3C2(C)C)CCCCC(=O)NCCCCCCN2C(=O)C=CC2=O)=[N+](CCS(=O)(=O)[O-])c2ccc(S(=O)(=O)[O-])cc21. The number of anilines is 1. The Morgan fingerprint density at radius 1 is 0.681 bits per heavy atom. The number of hydrogen-bond donors (Lipinski definition) is 1. The van der Waals surface area contributed by atoms with E-state index in [9.17, 15) is 66.3 Å². The van der Waals surface area contributed by atoms with Crippen LogP contribution in [0.5, 0.6) is 0 Å². The molecular weight excluding hydrogens is 977 g/mol. The van der Waals surface area contributed by atoms with Crippen LogP contribution in [0.4, 0.5) is 11.4 Å². The van der Waals surface area contributed by atoms with E-state index in [1.165, 1.54) is 41.3 Å². The number of rotatable bonds is 24. The molecule has 0 atom stereocenters. The Morgan fingerprint density at radius 2 is 1.28 bits per heavy atom. The van der Waals surface area contributed by atoms with Crippen LogP contribution >= 0.6 is 0 Å². The molecule has 19 nitrogen and oxygen atoms in total. The molecule has 0 bridgehead atoms. The molecular formula is C46H55N4O15S4-3. The molecule has 5 rings (SSSR count). The molecule has 23 heteroatoms. The van der Waals surface area contributed by atoms with Crippen LogP contribution in [0.25, 0.3) is 0 Å². The number of nitrogens with zero attached hydrogens (tertiary/aromatic N) is 3. The fraction of sp³-hybridized carbons (Fsp3) is 0.435. The third-order valence-electron chi connectivity index (χ3n) is 12.2. The Bertz CT molecular complexity index is 2990. The highest BCUT2D eigenvalue weighted by atomic mass is 32.2. The van der Waals surface area contributed by atoms with Gasteiger partial charge in [-0.15, -0.1) is 0 Å². The highest BCUT2D eigenvalue weighted by Crippen LogP contribution is 2.48. The zero-order valence-electron chi connectivity index (χ0n) is 38.6. The number of allylic oxidation sites excluding steroid dienone is 8. The van der Waals surface area contributed by atoms with E-state index in [1.807, 2.05) is 0 Å². The van der Waals surface area contributed by atoms with Gasteiger partial charge in [-0.1, -0.05) is 51.0 Å². The van der Waals surface area contributed by atoms with Gasteiger partial charge in [0.15, 0.2) is 12.3 Å². The van der Waals surface area contributed by atoms with Crippen molar-refractivity contribution < 1.29 is 70.8 Å². The maximum atomic E-state index is 12.7. The van der Waals surface area contributed by atoms with Gasteiger partial charge in [-0.25, -0.2) is 33.7 Å². The van der Waals surface area contributed by atoms with Crippen molar-refractivity contribution in [2.45, 2.75) is 99.7 Å². The van der Waals surface area contributed by atoms with Gasteiger partial charge in [0, 0.05) is 72.7 Å². The molecule has 0 fully saturated rings. The number of benzene rings is 2. The number of imide groups is 1. The van der Waals surface area contributed by atoms with E-state index < -0.39 is 72.6 Å². The Labute approximate surface area is 404 Å². The molecule has 0 saturated heterocycles. The normalized spacial score (nSPS) is 17.9. The van der Waals surface area contributed by atoms with Gasteiger partial charge >= 0.3 is 0 Å². The maximum absolute atomic E-state index is 12.7. The number of carbonyl (C=O) groups excluding carboxylic acids is 3. The van der Waals surface area contributed by atoms with E-state index in [0.29, 0.717) is 84.7 Å². The zero-order valence-corrected chi connectivity index (χ0v) is 41.8. The molecule has 2 aromatic rings. The van der Waals surface area contributed by atoms with E-state index in [-0.39, 0.29) is 37.2 Å². The molecule has 69 heavy (non-hydrogen) atoms. The summed E-state index contributed by atoms with van der Waals surface area (Å²) in [5, 5.41) is 2.91. The van der Waals surface area contributed by atoms with Gasteiger partial charge in [0.1, 0.15) is 30.4 Å². The molecule has 0 saturated carbocycles. The van der Waals surface area contributed by atoms with Crippen LogP contribution in [-0.4, -0.2) is 122 Å². The van der Waals surface area contributed by atoms with Crippen molar-refractivity contribution >= 4 is 75.3 Å². The van der Waals surface area contributed by atoms with Crippen LogP contribution < -0.4 is 10.2 Å². The molecule has 0 aliphatic carbocycles. The monoisotopic (exact) mass is 1030 g/mol. The minimum Gasteiger partial charge on any atom is -0.748 e. The summed E-state index contributed by atoms with van der Waals surface area (Å²) in [5.74, 6) is -2.34. The number of amides is 3. The molecule has 3 amide bonds. The highest BCUT2D eigenvalue weighted by Gasteiger charge is 2.45. The summed E-state index contributed by atoms with van der Waals surface area (Å²) < 4.78 is 144. The van der Waals surface area contributed by atoms with E-state index in [0.717, 1.165) is 25.0 Å². The van der Waals surface area contributed by atoms with Gasteiger partial charge in [-0.2, -0.15) is 4.58 Å². The second-order valence-corrected chi connectivity index (χ2v) is 23.7. The second-order valence-electron chi connectivity index (χ2n) is 17.9. The largest absolute Gasteiger partial charge is 0.748 e. The zero-order chi connectivity index (χ0) is 51.2. The first-order valence-corrected chi connectivity index (χ1v) is 28.0. The molecule has 3 heterocycles. The van der Waals surface area contributed by atoms with Crippen LogP contribution in [0, 0.1) is 0 Å². The predicted octanol–water partition coefficient (Wildman–Crippen LogP) is 3.84.